The molecule has 1 aromatic carbocycles. The molecule has 0 radical (unpaired) electrons. The van der Waals surface area contributed by atoms with Gasteiger partial charge in [0.15, 0.2) is 0 Å². The zero-order valence-corrected chi connectivity index (χ0v) is 14.0. The van der Waals surface area contributed by atoms with Crippen LogP contribution in [-0.4, -0.2) is 39.3 Å². The van der Waals surface area contributed by atoms with E-state index in [9.17, 15) is 4.79 Å². The number of hydrogen-bond acceptors (Lipinski definition) is 4. The molecule has 2 N–H and O–H groups in total. The number of nitrogens with one attached hydrogen (secondary N) is 2. The fourth-order valence-electron chi connectivity index (χ4n) is 2.77. The summed E-state index contributed by atoms with van der Waals surface area (Å²) in [5.41, 5.74) is 0. The lowest BCUT2D eigenvalue weighted by atomic mass is 9.93. The van der Waals surface area contributed by atoms with Crippen LogP contribution < -0.4 is 20.1 Å². The van der Waals surface area contributed by atoms with E-state index in [1.54, 1.807) is 7.11 Å². The van der Waals surface area contributed by atoms with Gasteiger partial charge in [0.1, 0.15) is 11.5 Å². The van der Waals surface area contributed by atoms with Crippen molar-refractivity contribution < 1.29 is 14.3 Å². The summed E-state index contributed by atoms with van der Waals surface area (Å²) in [7, 11) is 1.64. The van der Waals surface area contributed by atoms with E-state index in [4.69, 9.17) is 9.47 Å². The van der Waals surface area contributed by atoms with Crippen molar-refractivity contribution in [2.75, 3.05) is 33.4 Å². The summed E-state index contributed by atoms with van der Waals surface area (Å²) in [5.74, 6) is 2.44. The number of carbonyl (C=O) groups is 1. The van der Waals surface area contributed by atoms with Crippen LogP contribution in [0.2, 0.25) is 0 Å². The van der Waals surface area contributed by atoms with Crippen LogP contribution in [-0.2, 0) is 4.79 Å². The van der Waals surface area contributed by atoms with Gasteiger partial charge in [0.2, 0.25) is 5.91 Å². The number of piperidine rings is 1. The predicted octanol–water partition coefficient (Wildman–Crippen LogP) is 2.36. The van der Waals surface area contributed by atoms with Crippen molar-refractivity contribution in [2.45, 2.75) is 32.1 Å². The first kappa shape index (κ1) is 17.6. The Bertz CT molecular complexity index is 473. The Kier molecular flexibility index (Phi) is 7.73. The summed E-state index contributed by atoms with van der Waals surface area (Å²) in [6.45, 7) is 3.43. The minimum atomic E-state index is 0.157. The molecule has 0 unspecified atom stereocenters. The van der Waals surface area contributed by atoms with E-state index in [1.807, 2.05) is 24.3 Å². The quantitative estimate of drug-likeness (QED) is 0.686. The van der Waals surface area contributed by atoms with Gasteiger partial charge in [0.25, 0.3) is 0 Å². The molecule has 0 aliphatic carbocycles. The Morgan fingerprint density at radius 2 is 2.09 bits per heavy atom. The van der Waals surface area contributed by atoms with Gasteiger partial charge in [-0.2, -0.15) is 0 Å². The van der Waals surface area contributed by atoms with Crippen LogP contribution in [0.5, 0.6) is 11.5 Å². The number of benzene rings is 1. The summed E-state index contributed by atoms with van der Waals surface area (Å²) in [5, 5.41) is 6.32. The van der Waals surface area contributed by atoms with E-state index in [0.29, 0.717) is 25.5 Å². The minimum absolute atomic E-state index is 0.157. The zero-order chi connectivity index (χ0) is 16.3. The predicted molar refractivity (Wildman–Crippen MR) is 90.9 cm³/mol. The smallest absolute Gasteiger partial charge is 0.220 e. The molecule has 1 aliphatic rings. The maximum absolute atomic E-state index is 11.8. The number of ether oxygens (including phenoxy) is 2. The second-order valence-electron chi connectivity index (χ2n) is 5.96. The summed E-state index contributed by atoms with van der Waals surface area (Å²) in [6, 6.07) is 7.55. The normalized spacial score (nSPS) is 15.2. The second kappa shape index (κ2) is 10.1. The largest absolute Gasteiger partial charge is 0.497 e. The average molecular weight is 320 g/mol. The Labute approximate surface area is 138 Å². The first-order chi connectivity index (χ1) is 11.3. The van der Waals surface area contributed by atoms with Crippen LogP contribution in [0.3, 0.4) is 0 Å². The molecule has 0 aromatic heterocycles. The number of methoxy groups -OCH3 is 1. The first-order valence-electron chi connectivity index (χ1n) is 8.52. The highest BCUT2D eigenvalue weighted by atomic mass is 16.5. The van der Waals surface area contributed by atoms with Gasteiger partial charge in [-0.3, -0.25) is 4.79 Å². The summed E-state index contributed by atoms with van der Waals surface area (Å²) < 4.78 is 10.8. The second-order valence-corrected chi connectivity index (χ2v) is 5.96. The molecule has 1 aliphatic heterocycles. The number of hydrogen-bond donors (Lipinski definition) is 2. The van der Waals surface area contributed by atoms with Crippen molar-refractivity contribution in [3.63, 3.8) is 0 Å². The molecule has 0 atom stereocenters. The van der Waals surface area contributed by atoms with Crippen LogP contribution in [0.25, 0.3) is 0 Å². The summed E-state index contributed by atoms with van der Waals surface area (Å²) >= 11 is 0. The average Bonchev–Trinajstić information content (AvgIpc) is 2.61. The van der Waals surface area contributed by atoms with Crippen molar-refractivity contribution >= 4 is 5.91 Å². The molecule has 1 fully saturated rings. The molecule has 23 heavy (non-hydrogen) atoms. The molecule has 128 valence electrons. The molecule has 0 spiro atoms. The molecule has 5 nitrogen and oxygen atoms in total. The lowest BCUT2D eigenvalue weighted by Gasteiger charge is -2.22. The maximum atomic E-state index is 11.8. The Morgan fingerprint density at radius 1 is 1.30 bits per heavy atom. The highest BCUT2D eigenvalue weighted by Crippen LogP contribution is 2.19. The van der Waals surface area contributed by atoms with Gasteiger partial charge in [-0.25, -0.2) is 0 Å². The Morgan fingerprint density at radius 3 is 2.87 bits per heavy atom. The van der Waals surface area contributed by atoms with E-state index in [1.165, 1.54) is 12.8 Å². The van der Waals surface area contributed by atoms with E-state index in [0.717, 1.165) is 37.4 Å². The fourth-order valence-corrected chi connectivity index (χ4v) is 2.77. The van der Waals surface area contributed by atoms with Gasteiger partial charge in [0.05, 0.1) is 13.7 Å². The van der Waals surface area contributed by atoms with Gasteiger partial charge in [-0.05, 0) is 56.8 Å². The number of amides is 1. The zero-order valence-electron chi connectivity index (χ0n) is 14.0. The summed E-state index contributed by atoms with van der Waals surface area (Å²) in [6.07, 6.45) is 4.84. The van der Waals surface area contributed by atoms with Crippen molar-refractivity contribution in [3.8, 4) is 11.5 Å². The molecular weight excluding hydrogens is 292 g/mol. The SMILES string of the molecule is COc1cccc(OCCCNC(=O)CCC2CCNCC2)c1. The molecule has 1 amide bonds. The number of rotatable bonds is 9. The van der Waals surface area contributed by atoms with Crippen LogP contribution in [0.4, 0.5) is 0 Å². The minimum Gasteiger partial charge on any atom is -0.497 e. The highest BCUT2D eigenvalue weighted by molar-refractivity contribution is 5.75. The van der Waals surface area contributed by atoms with E-state index in [2.05, 4.69) is 10.6 Å². The van der Waals surface area contributed by atoms with Crippen molar-refractivity contribution in [1.29, 1.82) is 0 Å². The third-order valence-corrected chi connectivity index (χ3v) is 4.19. The van der Waals surface area contributed by atoms with Gasteiger partial charge in [-0.15, -0.1) is 0 Å². The van der Waals surface area contributed by atoms with Crippen LogP contribution >= 0.6 is 0 Å². The maximum Gasteiger partial charge on any atom is 0.220 e. The Balaban J connectivity index is 1.51. The molecule has 5 heteroatoms. The fraction of sp³-hybridized carbons (Fsp3) is 0.611. The highest BCUT2D eigenvalue weighted by Gasteiger charge is 2.14. The molecule has 2 rings (SSSR count). The van der Waals surface area contributed by atoms with E-state index >= 15 is 0 Å². The molecule has 1 heterocycles. The van der Waals surface area contributed by atoms with Crippen LogP contribution in [0, 0.1) is 5.92 Å². The number of carbonyl (C=O) groups excluding carboxylic acids is 1. The monoisotopic (exact) mass is 320 g/mol. The van der Waals surface area contributed by atoms with Crippen LogP contribution in [0.15, 0.2) is 24.3 Å². The van der Waals surface area contributed by atoms with E-state index in [-0.39, 0.29) is 5.91 Å². The van der Waals surface area contributed by atoms with Gasteiger partial charge < -0.3 is 20.1 Å². The van der Waals surface area contributed by atoms with Crippen LogP contribution in [0.1, 0.15) is 32.1 Å². The molecule has 1 saturated heterocycles. The van der Waals surface area contributed by atoms with Crippen molar-refractivity contribution in [3.05, 3.63) is 24.3 Å². The van der Waals surface area contributed by atoms with Gasteiger partial charge in [0, 0.05) is 19.0 Å². The van der Waals surface area contributed by atoms with Gasteiger partial charge in [-0.1, -0.05) is 6.07 Å². The Hall–Kier alpha value is -1.75. The lowest BCUT2D eigenvalue weighted by Crippen LogP contribution is -2.30. The summed E-state index contributed by atoms with van der Waals surface area (Å²) in [4.78, 5) is 11.8. The lowest BCUT2D eigenvalue weighted by molar-refractivity contribution is -0.121. The topological polar surface area (TPSA) is 59.6 Å². The molecule has 0 saturated carbocycles. The van der Waals surface area contributed by atoms with Crippen molar-refractivity contribution in [2.24, 2.45) is 5.92 Å². The third kappa shape index (κ3) is 6.91. The molecule has 0 bridgehead atoms. The third-order valence-electron chi connectivity index (χ3n) is 4.19. The standard InChI is InChI=1S/C18H28N2O3/c1-22-16-4-2-5-17(14-16)23-13-3-10-20-18(21)7-6-15-8-11-19-12-9-15/h2,4-5,14-15,19H,3,6-13H2,1H3,(H,20,21). The van der Waals surface area contributed by atoms with Crippen molar-refractivity contribution in [1.82, 2.24) is 10.6 Å². The first-order valence-corrected chi connectivity index (χ1v) is 8.52. The van der Waals surface area contributed by atoms with E-state index < -0.39 is 0 Å². The van der Waals surface area contributed by atoms with Gasteiger partial charge >= 0.3 is 0 Å². The molecular formula is C18H28N2O3. The molecule has 1 aromatic rings.